The van der Waals surface area contributed by atoms with Gasteiger partial charge in [-0.15, -0.1) is 11.3 Å². The van der Waals surface area contributed by atoms with E-state index >= 15 is 0 Å². The molecule has 27 heavy (non-hydrogen) atoms. The zero-order chi connectivity index (χ0) is 19.4. The molecule has 6 nitrogen and oxygen atoms in total. The maximum Gasteiger partial charge on any atom is 0.417 e. The Kier molecular flexibility index (Phi) is 5.17. The van der Waals surface area contributed by atoms with Crippen molar-refractivity contribution in [1.29, 1.82) is 0 Å². The van der Waals surface area contributed by atoms with Gasteiger partial charge < -0.3 is 0 Å². The first-order chi connectivity index (χ1) is 12.8. The highest BCUT2D eigenvalue weighted by atomic mass is 32.1. The van der Waals surface area contributed by atoms with Gasteiger partial charge in [0.15, 0.2) is 0 Å². The maximum atomic E-state index is 12.9. The van der Waals surface area contributed by atoms with Crippen molar-refractivity contribution in [3.05, 3.63) is 75.2 Å². The first-order valence-electron chi connectivity index (χ1n) is 7.50. The lowest BCUT2D eigenvalue weighted by Gasteiger charge is -2.08. The van der Waals surface area contributed by atoms with Gasteiger partial charge in [-0.2, -0.15) is 18.3 Å². The molecule has 0 amide bonds. The molecule has 138 valence electrons. The van der Waals surface area contributed by atoms with Crippen molar-refractivity contribution in [3.63, 3.8) is 0 Å². The number of nitrogens with zero attached hydrogens (tertiary/aromatic N) is 3. The Hall–Kier alpha value is -3.27. The van der Waals surface area contributed by atoms with Crippen molar-refractivity contribution in [3.8, 4) is 11.3 Å². The molecule has 0 bridgehead atoms. The Morgan fingerprint density at radius 1 is 1.19 bits per heavy atom. The summed E-state index contributed by atoms with van der Waals surface area (Å²) in [5, 5.41) is 16.7. The summed E-state index contributed by atoms with van der Waals surface area (Å²) in [6, 6.07) is 11.1. The van der Waals surface area contributed by atoms with Crippen LogP contribution < -0.4 is 5.43 Å². The van der Waals surface area contributed by atoms with Gasteiger partial charge in [-0.1, -0.05) is 30.3 Å². The third-order valence-corrected chi connectivity index (χ3v) is 4.23. The Balaban J connectivity index is 1.75. The molecule has 0 saturated heterocycles. The number of nitro benzene ring substituents is 1. The van der Waals surface area contributed by atoms with Gasteiger partial charge in [0.2, 0.25) is 5.13 Å². The molecule has 0 unspecified atom stereocenters. The second-order valence-electron chi connectivity index (χ2n) is 5.30. The van der Waals surface area contributed by atoms with Crippen molar-refractivity contribution in [1.82, 2.24) is 4.98 Å². The Morgan fingerprint density at radius 3 is 2.70 bits per heavy atom. The largest absolute Gasteiger partial charge is 0.417 e. The number of alkyl halides is 3. The number of hydrogen-bond acceptors (Lipinski definition) is 6. The van der Waals surface area contributed by atoms with E-state index in [4.69, 9.17) is 0 Å². The number of rotatable bonds is 5. The van der Waals surface area contributed by atoms with Gasteiger partial charge in [0.25, 0.3) is 5.69 Å². The van der Waals surface area contributed by atoms with Gasteiger partial charge in [0.05, 0.1) is 22.4 Å². The van der Waals surface area contributed by atoms with Gasteiger partial charge in [0.1, 0.15) is 0 Å². The highest BCUT2D eigenvalue weighted by Crippen LogP contribution is 2.31. The van der Waals surface area contributed by atoms with E-state index in [0.29, 0.717) is 16.4 Å². The summed E-state index contributed by atoms with van der Waals surface area (Å²) in [5.74, 6) is 0. The molecule has 0 radical (unpaired) electrons. The molecule has 2 aromatic carbocycles. The van der Waals surface area contributed by atoms with Crippen LogP contribution in [0.1, 0.15) is 11.1 Å². The molecule has 1 heterocycles. The maximum absolute atomic E-state index is 12.9. The number of hydrogen-bond donors (Lipinski definition) is 1. The number of anilines is 1. The summed E-state index contributed by atoms with van der Waals surface area (Å²) in [7, 11) is 0. The number of benzene rings is 2. The van der Waals surface area contributed by atoms with Gasteiger partial charge in [-0.25, -0.2) is 4.98 Å². The van der Waals surface area contributed by atoms with E-state index < -0.39 is 16.7 Å². The molecule has 0 aliphatic heterocycles. The quantitative estimate of drug-likeness (QED) is 0.368. The van der Waals surface area contributed by atoms with E-state index in [1.807, 2.05) is 0 Å². The van der Waals surface area contributed by atoms with Crippen LogP contribution in [0.4, 0.5) is 24.0 Å². The van der Waals surface area contributed by atoms with Crippen LogP contribution in [0, 0.1) is 10.1 Å². The molecule has 3 rings (SSSR count). The molecular formula is C17H11F3N4O2S. The number of nitro groups is 1. The lowest BCUT2D eigenvalue weighted by Crippen LogP contribution is -2.08. The van der Waals surface area contributed by atoms with Crippen LogP contribution in [0.5, 0.6) is 0 Å². The van der Waals surface area contributed by atoms with Crippen LogP contribution in [0.15, 0.2) is 59.0 Å². The number of nitrogens with one attached hydrogen (secondary N) is 1. The molecule has 1 N–H and O–H groups in total. The van der Waals surface area contributed by atoms with Crippen LogP contribution in [0.3, 0.4) is 0 Å². The van der Waals surface area contributed by atoms with Gasteiger partial charge in [-0.05, 0) is 6.07 Å². The van der Waals surface area contributed by atoms with Gasteiger partial charge in [-0.3, -0.25) is 15.5 Å². The summed E-state index contributed by atoms with van der Waals surface area (Å²) in [5.41, 5.74) is 2.71. The minimum absolute atomic E-state index is 0.0585. The van der Waals surface area contributed by atoms with Crippen molar-refractivity contribution in [2.75, 3.05) is 5.43 Å². The molecule has 0 fully saturated rings. The number of hydrazone groups is 1. The molecule has 10 heteroatoms. The van der Waals surface area contributed by atoms with E-state index in [9.17, 15) is 23.3 Å². The standard InChI is InChI=1S/C17H11F3N4O2S/c18-17(19,20)14-7-2-1-4-12(14)9-21-23-16-22-15(10-27-16)11-5-3-6-13(8-11)24(25)26/h1-10H,(H,22,23). The second kappa shape index (κ2) is 7.54. The molecule has 1 aromatic heterocycles. The van der Waals surface area contributed by atoms with Crippen LogP contribution in [-0.4, -0.2) is 16.1 Å². The fourth-order valence-electron chi connectivity index (χ4n) is 2.26. The zero-order valence-corrected chi connectivity index (χ0v) is 14.3. The SMILES string of the molecule is O=[N+]([O-])c1cccc(-c2csc(NN=Cc3ccccc3C(F)(F)F)n2)c1. The Labute approximate surface area is 155 Å². The normalized spacial score (nSPS) is 11.7. The number of non-ortho nitro benzene ring substituents is 1. The Morgan fingerprint density at radius 2 is 1.96 bits per heavy atom. The lowest BCUT2D eigenvalue weighted by atomic mass is 10.1. The van der Waals surface area contributed by atoms with Gasteiger partial charge >= 0.3 is 6.18 Å². The molecule has 0 atom stereocenters. The van der Waals surface area contributed by atoms with E-state index in [0.717, 1.165) is 12.3 Å². The average Bonchev–Trinajstić information content (AvgIpc) is 3.10. The van der Waals surface area contributed by atoms with E-state index in [-0.39, 0.29) is 11.3 Å². The lowest BCUT2D eigenvalue weighted by molar-refractivity contribution is -0.384. The molecule has 0 aliphatic rings. The fraction of sp³-hybridized carbons (Fsp3) is 0.0588. The third kappa shape index (κ3) is 4.47. The van der Waals surface area contributed by atoms with Crippen LogP contribution in [0.2, 0.25) is 0 Å². The monoisotopic (exact) mass is 392 g/mol. The average molecular weight is 392 g/mol. The van der Waals surface area contributed by atoms with Crippen molar-refractivity contribution >= 4 is 28.4 Å². The van der Waals surface area contributed by atoms with Crippen LogP contribution in [-0.2, 0) is 6.18 Å². The molecule has 0 saturated carbocycles. The molecule has 0 spiro atoms. The van der Waals surface area contributed by atoms with Gasteiger partial charge in [0, 0.05) is 28.6 Å². The summed E-state index contributed by atoms with van der Waals surface area (Å²) >= 11 is 1.18. The predicted molar refractivity (Wildman–Crippen MR) is 96.9 cm³/mol. The fourth-order valence-corrected chi connectivity index (χ4v) is 2.93. The smallest absolute Gasteiger partial charge is 0.258 e. The summed E-state index contributed by atoms with van der Waals surface area (Å²) in [6.07, 6.45) is -3.41. The van der Waals surface area contributed by atoms with E-state index in [1.165, 1.54) is 41.7 Å². The topological polar surface area (TPSA) is 80.4 Å². The summed E-state index contributed by atoms with van der Waals surface area (Å²) in [6.45, 7) is 0. The molecular weight excluding hydrogens is 381 g/mol. The second-order valence-corrected chi connectivity index (χ2v) is 6.16. The van der Waals surface area contributed by atoms with Crippen molar-refractivity contribution in [2.45, 2.75) is 6.18 Å². The summed E-state index contributed by atoms with van der Waals surface area (Å²) in [4.78, 5) is 14.6. The Bertz CT molecular complexity index is 1000. The summed E-state index contributed by atoms with van der Waals surface area (Å²) < 4.78 is 38.8. The van der Waals surface area contributed by atoms with Crippen LogP contribution >= 0.6 is 11.3 Å². The van der Waals surface area contributed by atoms with Crippen LogP contribution in [0.25, 0.3) is 11.3 Å². The highest BCUT2D eigenvalue weighted by molar-refractivity contribution is 7.14. The highest BCUT2D eigenvalue weighted by Gasteiger charge is 2.32. The van der Waals surface area contributed by atoms with Crippen molar-refractivity contribution < 1.29 is 18.1 Å². The van der Waals surface area contributed by atoms with E-state index in [2.05, 4.69) is 15.5 Å². The predicted octanol–water partition coefficient (Wildman–Crippen LogP) is 5.18. The first kappa shape index (κ1) is 18.5. The van der Waals surface area contributed by atoms with Crippen molar-refractivity contribution in [2.24, 2.45) is 5.10 Å². The number of thiazole rings is 1. The zero-order valence-electron chi connectivity index (χ0n) is 13.5. The number of halogens is 3. The number of aromatic nitrogens is 1. The molecule has 3 aromatic rings. The minimum atomic E-state index is -4.47. The third-order valence-electron chi connectivity index (χ3n) is 3.49. The first-order valence-corrected chi connectivity index (χ1v) is 8.38. The molecule has 0 aliphatic carbocycles. The minimum Gasteiger partial charge on any atom is -0.258 e. The van der Waals surface area contributed by atoms with E-state index in [1.54, 1.807) is 17.5 Å².